The van der Waals surface area contributed by atoms with Crippen LogP contribution in [0.5, 0.6) is 0 Å². The van der Waals surface area contributed by atoms with Crippen molar-refractivity contribution < 1.29 is 53.8 Å². The average molecular weight is 1480 g/mol. The lowest BCUT2D eigenvalue weighted by Gasteiger charge is -2.61. The molecular weight excluding hydrogens is 1290 g/mol. The molecule has 1 aromatic rings. The van der Waals surface area contributed by atoms with E-state index in [0.717, 1.165) is 79.1 Å². The van der Waals surface area contributed by atoms with Gasteiger partial charge in [0.1, 0.15) is 26.2 Å². The number of quaternary nitrogens is 12. The van der Waals surface area contributed by atoms with Crippen LogP contribution in [0.4, 0.5) is 0 Å². The number of rotatable bonds is 30. The lowest BCUT2D eigenvalue weighted by Crippen LogP contribution is -2.66. The van der Waals surface area contributed by atoms with Crippen LogP contribution in [0.1, 0.15) is 175 Å². The van der Waals surface area contributed by atoms with E-state index < -0.39 is 0 Å². The predicted molar refractivity (Wildman–Crippen MR) is 440 cm³/mol. The van der Waals surface area contributed by atoms with E-state index in [1.807, 2.05) is 0 Å². The van der Waals surface area contributed by atoms with Gasteiger partial charge in [-0.1, -0.05) is 73.6 Å². The van der Waals surface area contributed by atoms with Gasteiger partial charge in [-0.25, -0.2) is 0 Å². The first-order chi connectivity index (χ1) is 44.3. The number of halogens is 4. The first-order valence-corrected chi connectivity index (χ1v) is 41.5. The molecular formula is C82H180Cl4N12+12. The highest BCUT2D eigenvalue weighted by molar-refractivity contribution is 6.52. The Hall–Kier alpha value is -0.100. The molecule has 4 fully saturated rings. The summed E-state index contributed by atoms with van der Waals surface area (Å²) < 4.78 is 13.7. The number of hydrogen-bond donors (Lipinski definition) is 0. The maximum absolute atomic E-state index is 6.34. The van der Waals surface area contributed by atoms with E-state index >= 15 is 0 Å². The molecule has 12 nitrogen and oxygen atoms in total. The normalized spacial score (nSPS) is 21.8. The van der Waals surface area contributed by atoms with E-state index in [4.69, 9.17) is 46.4 Å². The predicted octanol–water partition coefficient (Wildman–Crippen LogP) is 16.2. The van der Waals surface area contributed by atoms with Gasteiger partial charge in [0.25, 0.3) is 0 Å². The molecule has 0 amide bonds. The van der Waals surface area contributed by atoms with Gasteiger partial charge < -0.3 is 53.8 Å². The molecule has 0 aromatic heterocycles. The molecule has 0 radical (unpaired) electrons. The van der Waals surface area contributed by atoms with Gasteiger partial charge in [0.2, 0.25) is 0 Å². The molecule has 3 unspecified atom stereocenters. The van der Waals surface area contributed by atoms with Crippen molar-refractivity contribution in [1.82, 2.24) is 0 Å². The van der Waals surface area contributed by atoms with Crippen molar-refractivity contribution in [2.45, 2.75) is 177 Å². The highest BCUT2D eigenvalue weighted by Gasteiger charge is 2.57. The number of nitrogens with zero attached hydrogens (tertiary/aromatic N) is 12. The maximum Gasteiger partial charge on any atom is 0.129 e. The number of likely N-dealkylation sites (tertiary alicyclic amines) is 3. The molecule has 4 aliphatic heterocycles. The quantitative estimate of drug-likeness (QED) is 0.0312. The zero-order valence-corrected chi connectivity index (χ0v) is 75.8. The van der Waals surface area contributed by atoms with Crippen LogP contribution in [-0.2, 0) is 13.1 Å². The van der Waals surface area contributed by atoms with E-state index in [0.29, 0.717) is 30.9 Å². The van der Waals surface area contributed by atoms with Crippen LogP contribution in [0.15, 0.2) is 0 Å². The van der Waals surface area contributed by atoms with Crippen LogP contribution in [0.3, 0.4) is 0 Å². The molecule has 5 aliphatic rings. The third-order valence-corrected chi connectivity index (χ3v) is 25.0. The van der Waals surface area contributed by atoms with Crippen molar-refractivity contribution in [3.05, 3.63) is 31.2 Å². The van der Waals surface area contributed by atoms with Crippen LogP contribution in [-0.4, -0.2) is 368 Å². The fourth-order valence-electron chi connectivity index (χ4n) is 15.6. The Balaban J connectivity index is 0.00000115. The van der Waals surface area contributed by atoms with E-state index in [9.17, 15) is 0 Å². The zero-order valence-electron chi connectivity index (χ0n) is 72.7. The molecule has 1 aliphatic carbocycles. The maximum atomic E-state index is 6.34. The van der Waals surface area contributed by atoms with E-state index in [1.54, 1.807) is 0 Å². The van der Waals surface area contributed by atoms with Gasteiger partial charge in [-0.2, -0.15) is 0 Å². The van der Waals surface area contributed by atoms with Crippen LogP contribution in [0, 0.1) is 16.7 Å². The third-order valence-electron chi connectivity index (χ3n) is 23.1. The van der Waals surface area contributed by atoms with Gasteiger partial charge in [0.15, 0.2) is 0 Å². The fraction of sp³-hybridized carbons (Fsp3) is 0.927. The standard InChI is InChI=1S/C18H38N2.C15H32N2.C14H20Cl4N2.C12H30N2.C11H28N2.C8H20N.C4H12N/c1-17(2)16-10-8-11-18(17,3)15-20(7,14-16)13-9-12-19(4,5)6;1-16(12-6-7-13-16)10-4-3-5-11-17(2)14-8-9-15-17;1-19(2,3)5-6-20(4)7-9-10(8-20)12(16)14(18)13(17)11(9)15;1-13(2,3)11-9-7-8-10-12-14(4,5)6;1-12(2,3)10-8-7-9-11-13(4,5)6;1-5-9(6-2,7-3)8-4;1-5(2,3)4/h16H,8-15H2,1-7H3;3-15H2,1-2H3;5-8H2,1-4H3;7-12H2,1-6H3;7-11H2,1-6H3;5-8H2,1-4H3;1-4H3/q5*+2;2*+1. The molecule has 2 bridgehead atoms. The minimum atomic E-state index is 0.372. The molecule has 6 rings (SSSR count). The molecule has 16 heteroatoms. The lowest BCUT2D eigenvalue weighted by molar-refractivity contribution is -0.961. The molecule has 3 saturated heterocycles. The summed E-state index contributed by atoms with van der Waals surface area (Å²) >= 11 is 25.0. The van der Waals surface area contributed by atoms with Crippen molar-refractivity contribution in [2.24, 2.45) is 16.7 Å². The van der Waals surface area contributed by atoms with Gasteiger partial charge in [-0.05, 0) is 110 Å². The summed E-state index contributed by atoms with van der Waals surface area (Å²) in [6.07, 6.45) is 25.6. The largest absolute Gasteiger partial charge is 0.333 e. The number of benzene rings is 1. The van der Waals surface area contributed by atoms with E-state index in [-0.39, 0.29) is 0 Å². The number of hydrogen-bond acceptors (Lipinski definition) is 0. The first-order valence-electron chi connectivity index (χ1n) is 39.9. The highest BCUT2D eigenvalue weighted by atomic mass is 35.5. The molecule has 0 N–H and O–H groups in total. The number of fused-ring (bicyclic) bond motifs is 3. The second-order valence-electron chi connectivity index (χ2n) is 41.7. The summed E-state index contributed by atoms with van der Waals surface area (Å²) in [5.41, 5.74) is 3.20. The molecule has 1 saturated carbocycles. The summed E-state index contributed by atoms with van der Waals surface area (Å²) in [6, 6.07) is 0. The fourth-order valence-corrected chi connectivity index (χ4v) is 16.7. The Morgan fingerprint density at radius 1 is 0.347 bits per heavy atom. The van der Waals surface area contributed by atoms with Gasteiger partial charge in [0, 0.05) is 54.6 Å². The van der Waals surface area contributed by atoms with Crippen LogP contribution < -0.4 is 0 Å². The van der Waals surface area contributed by atoms with Crippen molar-refractivity contribution in [3.8, 4) is 0 Å². The van der Waals surface area contributed by atoms with Gasteiger partial charge >= 0.3 is 0 Å². The summed E-state index contributed by atoms with van der Waals surface area (Å²) in [6.45, 7) is 45.1. The summed E-state index contributed by atoms with van der Waals surface area (Å²) in [4.78, 5) is 0. The van der Waals surface area contributed by atoms with Crippen molar-refractivity contribution in [1.29, 1.82) is 0 Å². The second-order valence-corrected chi connectivity index (χ2v) is 43.2. The summed E-state index contributed by atoms with van der Waals surface area (Å²) in [5, 5.41) is 1.86. The Morgan fingerprint density at radius 3 is 0.918 bits per heavy atom. The van der Waals surface area contributed by atoms with Crippen LogP contribution in [0.2, 0.25) is 20.1 Å². The Bertz CT molecular complexity index is 2200. The van der Waals surface area contributed by atoms with Gasteiger partial charge in [-0.15, -0.1) is 0 Å². The summed E-state index contributed by atoms with van der Waals surface area (Å²) in [5.74, 6) is 0.934. The highest BCUT2D eigenvalue weighted by Crippen LogP contribution is 2.58. The second kappa shape index (κ2) is 42.4. The Morgan fingerprint density at radius 2 is 0.633 bits per heavy atom. The average Bonchev–Trinajstić information content (AvgIpc) is 0.751. The lowest BCUT2D eigenvalue weighted by atomic mass is 9.51. The van der Waals surface area contributed by atoms with Crippen LogP contribution in [0.25, 0.3) is 0 Å². The minimum absolute atomic E-state index is 0.372. The smallest absolute Gasteiger partial charge is 0.129 e. The minimum Gasteiger partial charge on any atom is -0.333 e. The number of piperidine rings is 1. The Labute approximate surface area is 635 Å². The van der Waals surface area contributed by atoms with Gasteiger partial charge in [-0.3, -0.25) is 0 Å². The molecule has 98 heavy (non-hydrogen) atoms. The van der Waals surface area contributed by atoms with Crippen molar-refractivity contribution >= 4 is 46.4 Å². The molecule has 4 heterocycles. The van der Waals surface area contributed by atoms with Crippen molar-refractivity contribution in [3.63, 3.8) is 0 Å². The molecule has 584 valence electrons. The van der Waals surface area contributed by atoms with E-state index in [2.05, 4.69) is 232 Å². The zero-order chi connectivity index (χ0) is 76.3. The molecule has 3 atom stereocenters. The number of unbranched alkanes of at least 4 members (excludes halogenated alkanes) is 7. The monoisotopic (exact) mass is 1470 g/mol. The van der Waals surface area contributed by atoms with Crippen LogP contribution >= 0.6 is 46.4 Å². The Kier molecular flexibility index (Phi) is 42.4. The topological polar surface area (TPSA) is 0 Å². The number of likely N-dealkylation sites (N-methyl/N-ethyl adjacent to an activating group) is 2. The molecule has 0 spiro atoms. The van der Waals surface area contributed by atoms with Crippen molar-refractivity contribution in [2.75, 3.05) is 314 Å². The SMILES string of the molecule is CC12CCCC(C[N+](C)(CCC[N+](C)(C)C)C1)C2(C)C.CC[N+](CC)(CC)CC.C[N+](C)(C)C.C[N+](C)(C)CCCCCC[N+](C)(C)C.C[N+](C)(C)CCCCC[N+](C)(C)C.C[N+](C)(C)CC[N+]1(C)Cc2c(Cl)c(Cl)c(Cl)c(Cl)c2C1.C[N+]1(CCCCC[N+]2(C)CCCC2)CCCC1. The first kappa shape index (κ1) is 97.9. The molecule has 1 aromatic carbocycles. The third kappa shape index (κ3) is 42.3. The van der Waals surface area contributed by atoms with Gasteiger partial charge in [0.05, 0.1) is 321 Å². The summed E-state index contributed by atoms with van der Waals surface area (Å²) in [7, 11) is 58.9. The van der Waals surface area contributed by atoms with E-state index in [1.165, 1.54) is 251 Å².